The fourth-order valence-corrected chi connectivity index (χ4v) is 2.43. The van der Waals surface area contributed by atoms with Gasteiger partial charge >= 0.3 is 0 Å². The maximum absolute atomic E-state index is 11.8. The van der Waals surface area contributed by atoms with Crippen molar-refractivity contribution in [3.05, 3.63) is 52.2 Å². The molecule has 0 bridgehead atoms. The number of anilines is 1. The van der Waals surface area contributed by atoms with Gasteiger partial charge in [-0.15, -0.1) is 11.3 Å². The molecular weight excluding hydrogens is 274 g/mol. The first kappa shape index (κ1) is 14.1. The number of benzene rings is 1. The summed E-state index contributed by atoms with van der Waals surface area (Å²) >= 11 is 1.56. The van der Waals surface area contributed by atoms with Crippen LogP contribution >= 0.6 is 11.3 Å². The highest BCUT2D eigenvalue weighted by Crippen LogP contribution is 2.13. The smallest absolute Gasteiger partial charge is 0.229 e. The number of oxime groups is 1. The lowest BCUT2D eigenvalue weighted by atomic mass is 10.1. The van der Waals surface area contributed by atoms with Crippen LogP contribution in [-0.2, 0) is 17.6 Å². The second-order valence-corrected chi connectivity index (χ2v) is 5.30. The van der Waals surface area contributed by atoms with Crippen LogP contribution in [0.5, 0.6) is 0 Å². The molecule has 0 saturated carbocycles. The normalized spacial score (nSPS) is 11.3. The van der Waals surface area contributed by atoms with Crippen LogP contribution < -0.4 is 11.1 Å². The Bertz CT molecular complexity index is 591. The average Bonchev–Trinajstić information content (AvgIpc) is 2.93. The largest absolute Gasteiger partial charge is 0.409 e. The standard InChI is InChI=1S/C14H15N3O2S/c15-13(17-19)8-10-3-5-11(6-4-10)16-14(18)9-12-2-1-7-20-12/h1-7,19H,8-9H2,(H2,15,17)(H,16,18). The molecule has 0 atom stereocenters. The molecule has 104 valence electrons. The number of nitrogens with one attached hydrogen (secondary N) is 1. The molecule has 0 fully saturated rings. The van der Waals surface area contributed by atoms with E-state index in [-0.39, 0.29) is 11.7 Å². The van der Waals surface area contributed by atoms with E-state index in [0.717, 1.165) is 16.1 Å². The number of amides is 1. The molecule has 1 amide bonds. The first-order valence-corrected chi connectivity index (χ1v) is 6.93. The average molecular weight is 289 g/mol. The molecule has 1 aromatic heterocycles. The molecule has 20 heavy (non-hydrogen) atoms. The van der Waals surface area contributed by atoms with E-state index in [0.29, 0.717) is 12.8 Å². The fraction of sp³-hybridized carbons (Fsp3) is 0.143. The van der Waals surface area contributed by atoms with Crippen LogP contribution in [0.1, 0.15) is 10.4 Å². The molecule has 2 rings (SSSR count). The maximum Gasteiger partial charge on any atom is 0.229 e. The quantitative estimate of drug-likeness (QED) is 0.341. The Morgan fingerprint density at radius 2 is 2.00 bits per heavy atom. The molecule has 0 spiro atoms. The van der Waals surface area contributed by atoms with Gasteiger partial charge in [0.25, 0.3) is 0 Å². The third kappa shape index (κ3) is 4.10. The Hall–Kier alpha value is -2.34. The van der Waals surface area contributed by atoms with Crippen LogP contribution in [0.4, 0.5) is 5.69 Å². The molecule has 5 nitrogen and oxygen atoms in total. The van der Waals surface area contributed by atoms with Crippen molar-refractivity contribution in [2.45, 2.75) is 12.8 Å². The van der Waals surface area contributed by atoms with Gasteiger partial charge in [0.15, 0.2) is 0 Å². The molecule has 4 N–H and O–H groups in total. The van der Waals surface area contributed by atoms with Gasteiger partial charge in [0.2, 0.25) is 5.91 Å². The number of hydrogen-bond donors (Lipinski definition) is 3. The number of nitrogens with zero attached hydrogens (tertiary/aromatic N) is 1. The first-order chi connectivity index (χ1) is 9.67. The van der Waals surface area contributed by atoms with Gasteiger partial charge in [-0.1, -0.05) is 23.4 Å². The second kappa shape index (κ2) is 6.72. The number of amidine groups is 1. The van der Waals surface area contributed by atoms with Crippen molar-refractivity contribution in [2.24, 2.45) is 10.9 Å². The molecule has 0 radical (unpaired) electrons. The number of carbonyl (C=O) groups excluding carboxylic acids is 1. The summed E-state index contributed by atoms with van der Waals surface area (Å²) in [5.41, 5.74) is 7.08. The fourth-order valence-electron chi connectivity index (χ4n) is 1.73. The zero-order valence-corrected chi connectivity index (χ0v) is 11.6. The minimum atomic E-state index is -0.0448. The summed E-state index contributed by atoms with van der Waals surface area (Å²) in [5.74, 6) is 0.108. The van der Waals surface area contributed by atoms with Gasteiger partial charge in [0.1, 0.15) is 5.84 Å². The Morgan fingerprint density at radius 3 is 2.60 bits per heavy atom. The molecule has 1 heterocycles. The molecule has 0 aliphatic rings. The number of nitrogens with two attached hydrogens (primary N) is 1. The molecule has 2 aromatic rings. The van der Waals surface area contributed by atoms with E-state index < -0.39 is 0 Å². The summed E-state index contributed by atoms with van der Waals surface area (Å²) in [6.45, 7) is 0. The lowest BCUT2D eigenvalue weighted by Gasteiger charge is -2.05. The third-order valence-electron chi connectivity index (χ3n) is 2.67. The van der Waals surface area contributed by atoms with E-state index in [9.17, 15) is 4.79 Å². The van der Waals surface area contributed by atoms with E-state index in [1.807, 2.05) is 29.6 Å². The van der Waals surface area contributed by atoms with Crippen LogP contribution in [0.15, 0.2) is 46.9 Å². The summed E-state index contributed by atoms with van der Waals surface area (Å²) in [6.07, 6.45) is 0.753. The van der Waals surface area contributed by atoms with E-state index in [1.54, 1.807) is 23.5 Å². The van der Waals surface area contributed by atoms with Gasteiger partial charge in [-0.3, -0.25) is 4.79 Å². The lowest BCUT2D eigenvalue weighted by molar-refractivity contribution is -0.115. The highest BCUT2D eigenvalue weighted by molar-refractivity contribution is 7.10. The van der Waals surface area contributed by atoms with Crippen molar-refractivity contribution >= 4 is 28.8 Å². The second-order valence-electron chi connectivity index (χ2n) is 4.27. The summed E-state index contributed by atoms with van der Waals surface area (Å²) in [6, 6.07) is 11.1. The molecule has 0 saturated heterocycles. The molecule has 1 aromatic carbocycles. The van der Waals surface area contributed by atoms with E-state index >= 15 is 0 Å². The zero-order chi connectivity index (χ0) is 14.4. The van der Waals surface area contributed by atoms with Crippen LogP contribution in [-0.4, -0.2) is 17.0 Å². The highest BCUT2D eigenvalue weighted by atomic mass is 32.1. The van der Waals surface area contributed by atoms with Gasteiger partial charge in [-0.2, -0.15) is 0 Å². The van der Waals surface area contributed by atoms with Crippen LogP contribution in [0, 0.1) is 0 Å². The third-order valence-corrected chi connectivity index (χ3v) is 3.54. The monoisotopic (exact) mass is 289 g/mol. The summed E-state index contributed by atoms with van der Waals surface area (Å²) in [7, 11) is 0. The van der Waals surface area contributed by atoms with Gasteiger partial charge in [0, 0.05) is 17.0 Å². The van der Waals surface area contributed by atoms with Crippen molar-refractivity contribution in [3.63, 3.8) is 0 Å². The molecule has 0 aliphatic carbocycles. The Kier molecular flexibility index (Phi) is 4.73. The predicted octanol–water partition coefficient (Wildman–Crippen LogP) is 2.22. The Labute approximate surface area is 120 Å². The lowest BCUT2D eigenvalue weighted by Crippen LogP contribution is -2.15. The number of carbonyl (C=O) groups is 1. The minimum Gasteiger partial charge on any atom is -0.409 e. The van der Waals surface area contributed by atoms with Crippen LogP contribution in [0.25, 0.3) is 0 Å². The molecule has 0 unspecified atom stereocenters. The van der Waals surface area contributed by atoms with Crippen molar-refractivity contribution in [1.29, 1.82) is 0 Å². The zero-order valence-electron chi connectivity index (χ0n) is 10.7. The van der Waals surface area contributed by atoms with Gasteiger partial charge < -0.3 is 16.3 Å². The highest BCUT2D eigenvalue weighted by Gasteiger charge is 2.05. The number of thiophene rings is 1. The molecule has 0 aliphatic heterocycles. The van der Waals surface area contributed by atoms with Crippen molar-refractivity contribution < 1.29 is 10.0 Å². The van der Waals surface area contributed by atoms with Crippen LogP contribution in [0.3, 0.4) is 0 Å². The van der Waals surface area contributed by atoms with E-state index in [1.165, 1.54) is 0 Å². The van der Waals surface area contributed by atoms with Gasteiger partial charge in [-0.05, 0) is 29.1 Å². The first-order valence-electron chi connectivity index (χ1n) is 6.05. The summed E-state index contributed by atoms with van der Waals surface area (Å²) < 4.78 is 0. The van der Waals surface area contributed by atoms with Gasteiger partial charge in [0.05, 0.1) is 6.42 Å². The van der Waals surface area contributed by atoms with Crippen molar-refractivity contribution in [2.75, 3.05) is 5.32 Å². The summed E-state index contributed by atoms with van der Waals surface area (Å²) in [4.78, 5) is 12.8. The number of rotatable bonds is 5. The van der Waals surface area contributed by atoms with E-state index in [4.69, 9.17) is 10.9 Å². The minimum absolute atomic E-state index is 0.0448. The maximum atomic E-state index is 11.8. The summed E-state index contributed by atoms with van der Waals surface area (Å²) in [5, 5.41) is 16.2. The van der Waals surface area contributed by atoms with Crippen LogP contribution in [0.2, 0.25) is 0 Å². The predicted molar refractivity (Wildman–Crippen MR) is 80.2 cm³/mol. The SMILES string of the molecule is NC(Cc1ccc(NC(=O)Cc2cccs2)cc1)=NO. The number of hydrogen-bond acceptors (Lipinski definition) is 4. The van der Waals surface area contributed by atoms with Crippen molar-refractivity contribution in [1.82, 2.24) is 0 Å². The van der Waals surface area contributed by atoms with Gasteiger partial charge in [-0.25, -0.2) is 0 Å². The van der Waals surface area contributed by atoms with E-state index in [2.05, 4.69) is 10.5 Å². The van der Waals surface area contributed by atoms with Crippen molar-refractivity contribution in [3.8, 4) is 0 Å². The molecular formula is C14H15N3O2S. The Balaban J connectivity index is 1.91. The Morgan fingerprint density at radius 1 is 1.25 bits per heavy atom. The topological polar surface area (TPSA) is 87.7 Å². The molecule has 6 heteroatoms.